The van der Waals surface area contributed by atoms with E-state index in [1.165, 1.54) is 0 Å². The molecule has 3 heteroatoms. The van der Waals surface area contributed by atoms with E-state index < -0.39 is 5.97 Å². The van der Waals surface area contributed by atoms with Crippen LogP contribution < -0.4 is 0 Å². The molecule has 2 atom stereocenters. The van der Waals surface area contributed by atoms with Crippen LogP contribution in [-0.2, 0) is 9.53 Å². The van der Waals surface area contributed by atoms with Gasteiger partial charge in [0.2, 0.25) is 0 Å². The largest absolute Gasteiger partial charge is 0.481 e. The van der Waals surface area contributed by atoms with Gasteiger partial charge in [0.1, 0.15) is 0 Å². The quantitative estimate of drug-likeness (QED) is 0.731. The number of carboxylic acid groups (broad SMARTS) is 1. The second-order valence-electron chi connectivity index (χ2n) is 3.69. The van der Waals surface area contributed by atoms with E-state index in [-0.39, 0.29) is 12.0 Å². The molecule has 0 bridgehead atoms. The lowest BCUT2D eigenvalue weighted by atomic mass is 9.87. The van der Waals surface area contributed by atoms with Gasteiger partial charge in [-0.1, -0.05) is 13.3 Å². The van der Waals surface area contributed by atoms with Gasteiger partial charge >= 0.3 is 5.97 Å². The standard InChI is InChI=1S/C10H18O3/c1-2-6-13-9-5-3-4-8(7-9)10(11)12/h8-9H,2-7H2,1H3,(H,11,12)/t8-,9+/m1/s1. The maximum absolute atomic E-state index is 10.7. The number of hydrogen-bond acceptors (Lipinski definition) is 2. The van der Waals surface area contributed by atoms with Crippen LogP contribution in [0.4, 0.5) is 0 Å². The molecule has 0 heterocycles. The van der Waals surface area contributed by atoms with Crippen LogP contribution in [0.3, 0.4) is 0 Å². The molecule has 13 heavy (non-hydrogen) atoms. The smallest absolute Gasteiger partial charge is 0.306 e. The number of hydrogen-bond donors (Lipinski definition) is 1. The summed E-state index contributed by atoms with van der Waals surface area (Å²) >= 11 is 0. The Morgan fingerprint density at radius 1 is 1.54 bits per heavy atom. The van der Waals surface area contributed by atoms with Crippen molar-refractivity contribution in [3.8, 4) is 0 Å². The average molecular weight is 186 g/mol. The van der Waals surface area contributed by atoms with Crippen molar-refractivity contribution in [1.82, 2.24) is 0 Å². The third-order valence-corrected chi connectivity index (χ3v) is 2.53. The first-order valence-corrected chi connectivity index (χ1v) is 5.08. The van der Waals surface area contributed by atoms with Gasteiger partial charge in [-0.25, -0.2) is 0 Å². The van der Waals surface area contributed by atoms with Gasteiger partial charge in [0.05, 0.1) is 12.0 Å². The first kappa shape index (κ1) is 10.5. The number of carbonyl (C=O) groups is 1. The van der Waals surface area contributed by atoms with E-state index in [0.29, 0.717) is 6.42 Å². The monoisotopic (exact) mass is 186 g/mol. The molecule has 1 aliphatic rings. The van der Waals surface area contributed by atoms with E-state index in [1.807, 2.05) is 0 Å². The topological polar surface area (TPSA) is 46.5 Å². The van der Waals surface area contributed by atoms with Gasteiger partial charge in [-0.3, -0.25) is 4.79 Å². The zero-order valence-electron chi connectivity index (χ0n) is 8.16. The van der Waals surface area contributed by atoms with E-state index in [0.717, 1.165) is 32.3 Å². The summed E-state index contributed by atoms with van der Waals surface area (Å²) in [7, 11) is 0. The van der Waals surface area contributed by atoms with Crippen molar-refractivity contribution in [1.29, 1.82) is 0 Å². The Morgan fingerprint density at radius 2 is 2.31 bits per heavy atom. The molecular formula is C10H18O3. The maximum Gasteiger partial charge on any atom is 0.306 e. The normalized spacial score (nSPS) is 28.7. The second kappa shape index (κ2) is 5.22. The van der Waals surface area contributed by atoms with Crippen LogP contribution in [0.1, 0.15) is 39.0 Å². The van der Waals surface area contributed by atoms with Gasteiger partial charge in [-0.2, -0.15) is 0 Å². The molecule has 1 fully saturated rings. The highest BCUT2D eigenvalue weighted by Crippen LogP contribution is 2.26. The Morgan fingerprint density at radius 3 is 2.92 bits per heavy atom. The SMILES string of the molecule is CCCO[C@H]1CCC[C@@H](C(=O)O)C1. The summed E-state index contributed by atoms with van der Waals surface area (Å²) in [6.45, 7) is 2.83. The molecule has 0 amide bonds. The van der Waals surface area contributed by atoms with E-state index in [9.17, 15) is 4.79 Å². The Bertz CT molecular complexity index is 168. The Labute approximate surface area is 79.1 Å². The minimum Gasteiger partial charge on any atom is -0.481 e. The number of carboxylic acids is 1. The van der Waals surface area contributed by atoms with Crippen LogP contribution in [0.15, 0.2) is 0 Å². The molecule has 0 saturated heterocycles. The van der Waals surface area contributed by atoms with Crippen LogP contribution in [-0.4, -0.2) is 23.8 Å². The summed E-state index contributed by atoms with van der Waals surface area (Å²) in [5.41, 5.74) is 0. The fourth-order valence-corrected chi connectivity index (χ4v) is 1.81. The minimum absolute atomic E-state index is 0.171. The predicted octanol–water partition coefficient (Wildman–Crippen LogP) is 2.06. The van der Waals surface area contributed by atoms with E-state index >= 15 is 0 Å². The van der Waals surface area contributed by atoms with Gasteiger partial charge in [0.25, 0.3) is 0 Å². The number of ether oxygens (including phenoxy) is 1. The van der Waals surface area contributed by atoms with Crippen molar-refractivity contribution in [2.45, 2.75) is 45.1 Å². The molecule has 0 aromatic rings. The number of aliphatic carboxylic acids is 1. The van der Waals surface area contributed by atoms with Gasteiger partial charge in [0, 0.05) is 6.61 Å². The molecule has 0 spiro atoms. The molecule has 3 nitrogen and oxygen atoms in total. The summed E-state index contributed by atoms with van der Waals surface area (Å²) < 4.78 is 5.55. The van der Waals surface area contributed by atoms with E-state index in [4.69, 9.17) is 9.84 Å². The molecule has 1 N–H and O–H groups in total. The highest BCUT2D eigenvalue weighted by atomic mass is 16.5. The van der Waals surface area contributed by atoms with Gasteiger partial charge in [-0.05, 0) is 25.7 Å². The van der Waals surface area contributed by atoms with Crippen molar-refractivity contribution >= 4 is 5.97 Å². The predicted molar refractivity (Wildman–Crippen MR) is 49.6 cm³/mol. The first-order valence-electron chi connectivity index (χ1n) is 5.08. The van der Waals surface area contributed by atoms with Gasteiger partial charge < -0.3 is 9.84 Å². The highest BCUT2D eigenvalue weighted by Gasteiger charge is 2.26. The molecule has 0 radical (unpaired) electrons. The molecule has 0 aromatic heterocycles. The fraction of sp³-hybridized carbons (Fsp3) is 0.900. The Hall–Kier alpha value is -0.570. The molecule has 0 unspecified atom stereocenters. The minimum atomic E-state index is -0.662. The van der Waals surface area contributed by atoms with Crippen molar-refractivity contribution < 1.29 is 14.6 Å². The summed E-state index contributed by atoms with van der Waals surface area (Å²) in [6.07, 6.45) is 4.75. The molecule has 1 rings (SSSR count). The average Bonchev–Trinajstić information content (AvgIpc) is 2.15. The lowest BCUT2D eigenvalue weighted by molar-refractivity contribution is -0.144. The Kier molecular flexibility index (Phi) is 4.22. The van der Waals surface area contributed by atoms with Crippen LogP contribution >= 0.6 is 0 Å². The van der Waals surface area contributed by atoms with Crippen molar-refractivity contribution in [2.75, 3.05) is 6.61 Å². The highest BCUT2D eigenvalue weighted by molar-refractivity contribution is 5.70. The van der Waals surface area contributed by atoms with Gasteiger partial charge in [-0.15, -0.1) is 0 Å². The lowest BCUT2D eigenvalue weighted by Crippen LogP contribution is -2.27. The van der Waals surface area contributed by atoms with Crippen molar-refractivity contribution in [2.24, 2.45) is 5.92 Å². The lowest BCUT2D eigenvalue weighted by Gasteiger charge is -2.26. The van der Waals surface area contributed by atoms with Crippen LogP contribution in [0.25, 0.3) is 0 Å². The Balaban J connectivity index is 2.29. The zero-order chi connectivity index (χ0) is 9.68. The van der Waals surface area contributed by atoms with Gasteiger partial charge in [0.15, 0.2) is 0 Å². The zero-order valence-corrected chi connectivity index (χ0v) is 8.16. The van der Waals surface area contributed by atoms with Crippen molar-refractivity contribution in [3.63, 3.8) is 0 Å². The summed E-state index contributed by atoms with van der Waals surface area (Å²) in [6, 6.07) is 0. The molecule has 0 aliphatic heterocycles. The summed E-state index contributed by atoms with van der Waals surface area (Å²) in [4.78, 5) is 10.7. The third kappa shape index (κ3) is 3.35. The van der Waals surface area contributed by atoms with Crippen LogP contribution in [0, 0.1) is 5.92 Å². The number of rotatable bonds is 4. The van der Waals surface area contributed by atoms with Crippen molar-refractivity contribution in [3.05, 3.63) is 0 Å². The summed E-state index contributed by atoms with van der Waals surface area (Å²) in [5.74, 6) is -0.833. The molecule has 76 valence electrons. The molecule has 0 aromatic carbocycles. The third-order valence-electron chi connectivity index (χ3n) is 2.53. The molecule has 1 saturated carbocycles. The van der Waals surface area contributed by atoms with Crippen LogP contribution in [0.2, 0.25) is 0 Å². The second-order valence-corrected chi connectivity index (χ2v) is 3.69. The summed E-state index contributed by atoms with van der Waals surface area (Å²) in [5, 5.41) is 8.83. The van der Waals surface area contributed by atoms with Crippen LogP contribution in [0.5, 0.6) is 0 Å². The molecular weight excluding hydrogens is 168 g/mol. The maximum atomic E-state index is 10.7. The van der Waals surface area contributed by atoms with E-state index in [1.54, 1.807) is 0 Å². The first-order chi connectivity index (χ1) is 6.24. The molecule has 1 aliphatic carbocycles. The fourth-order valence-electron chi connectivity index (χ4n) is 1.81. The van der Waals surface area contributed by atoms with E-state index in [2.05, 4.69) is 6.92 Å².